The summed E-state index contributed by atoms with van der Waals surface area (Å²) >= 11 is 0. The number of amidine groups is 1. The number of rotatable bonds is 6. The minimum atomic E-state index is -2.96. The summed E-state index contributed by atoms with van der Waals surface area (Å²) in [4.78, 5) is 34.3. The van der Waals surface area contributed by atoms with Crippen LogP contribution in [0.4, 0.5) is 19.0 Å². The van der Waals surface area contributed by atoms with Crippen molar-refractivity contribution >= 4 is 23.5 Å². The van der Waals surface area contributed by atoms with Gasteiger partial charge in [0.25, 0.3) is 12.3 Å². The van der Waals surface area contributed by atoms with Crippen LogP contribution < -0.4 is 16.0 Å². The Hall–Kier alpha value is -3.43. The molecule has 3 N–H and O–H groups in total. The molecule has 31 heavy (non-hydrogen) atoms. The van der Waals surface area contributed by atoms with E-state index in [2.05, 4.69) is 15.3 Å². The molecular weight excluding hydrogens is 411 g/mol. The number of nitrogens with one attached hydrogen (secondary N) is 1. The van der Waals surface area contributed by atoms with Crippen molar-refractivity contribution in [3.63, 3.8) is 0 Å². The van der Waals surface area contributed by atoms with Gasteiger partial charge < -0.3 is 11.1 Å². The van der Waals surface area contributed by atoms with Crippen molar-refractivity contribution < 1.29 is 22.8 Å². The lowest BCUT2D eigenvalue weighted by Gasteiger charge is -2.18. The molecule has 1 aromatic carbocycles. The summed E-state index contributed by atoms with van der Waals surface area (Å²) in [7, 11) is 1.44. The van der Waals surface area contributed by atoms with E-state index in [1.807, 2.05) is 0 Å². The number of anilines is 1. The third kappa shape index (κ3) is 4.52. The van der Waals surface area contributed by atoms with Crippen LogP contribution in [0.1, 0.15) is 59.3 Å². The summed E-state index contributed by atoms with van der Waals surface area (Å²) in [5.74, 6) is -1.41. The normalized spacial score (nSPS) is 15.5. The number of hydrogen-bond donors (Lipinski definition) is 2. The maximum atomic E-state index is 14.5. The van der Waals surface area contributed by atoms with Gasteiger partial charge in [0.2, 0.25) is 5.91 Å². The Morgan fingerprint density at radius 2 is 2.00 bits per heavy atom. The van der Waals surface area contributed by atoms with E-state index >= 15 is 0 Å². The van der Waals surface area contributed by atoms with Crippen molar-refractivity contribution in [2.24, 2.45) is 10.7 Å². The molecule has 1 saturated heterocycles. The zero-order valence-electron chi connectivity index (χ0n) is 17.0. The SMILES string of the molecule is CNC(=O)c1cnc(N2CCCC2=O)cc1C(N)=N[C@H](C)c1cccc(C(F)F)c1F. The quantitative estimate of drug-likeness (QED) is 0.540. The fourth-order valence-electron chi connectivity index (χ4n) is 3.42. The molecular formula is C21H22F3N5O2. The molecule has 3 rings (SSSR count). The summed E-state index contributed by atoms with van der Waals surface area (Å²) in [5, 5.41) is 2.47. The van der Waals surface area contributed by atoms with E-state index in [4.69, 9.17) is 5.73 Å². The third-order valence-electron chi connectivity index (χ3n) is 5.06. The molecule has 1 aromatic heterocycles. The highest BCUT2D eigenvalue weighted by Crippen LogP contribution is 2.29. The van der Waals surface area contributed by atoms with Crippen LogP contribution in [-0.4, -0.2) is 36.2 Å². The molecule has 0 bridgehead atoms. The second-order valence-corrected chi connectivity index (χ2v) is 7.06. The maximum Gasteiger partial charge on any atom is 0.266 e. The Labute approximate surface area is 177 Å². The first-order chi connectivity index (χ1) is 14.7. The van der Waals surface area contributed by atoms with Crippen LogP contribution in [0.2, 0.25) is 0 Å². The Bertz CT molecular complexity index is 1040. The predicted octanol–water partition coefficient (Wildman–Crippen LogP) is 3.11. The molecule has 0 unspecified atom stereocenters. The number of halogens is 3. The Morgan fingerprint density at radius 3 is 2.61 bits per heavy atom. The van der Waals surface area contributed by atoms with Crippen molar-refractivity contribution in [2.45, 2.75) is 32.2 Å². The van der Waals surface area contributed by atoms with Crippen LogP contribution in [0.3, 0.4) is 0 Å². The second kappa shape index (κ2) is 9.15. The highest BCUT2D eigenvalue weighted by molar-refractivity contribution is 6.09. The zero-order chi connectivity index (χ0) is 22.7. The van der Waals surface area contributed by atoms with Crippen LogP contribution in [-0.2, 0) is 4.79 Å². The van der Waals surface area contributed by atoms with E-state index in [0.717, 1.165) is 6.07 Å². The van der Waals surface area contributed by atoms with Gasteiger partial charge in [0, 0.05) is 37.3 Å². The highest BCUT2D eigenvalue weighted by atomic mass is 19.3. The van der Waals surface area contributed by atoms with Crippen molar-refractivity contribution in [1.82, 2.24) is 10.3 Å². The van der Waals surface area contributed by atoms with E-state index in [9.17, 15) is 22.8 Å². The molecule has 1 fully saturated rings. The molecule has 0 aliphatic carbocycles. The van der Waals surface area contributed by atoms with Gasteiger partial charge in [0.15, 0.2) is 0 Å². The monoisotopic (exact) mass is 433 g/mol. The number of benzene rings is 1. The second-order valence-electron chi connectivity index (χ2n) is 7.06. The smallest absolute Gasteiger partial charge is 0.266 e. The Kier molecular flexibility index (Phi) is 6.57. The van der Waals surface area contributed by atoms with Crippen LogP contribution in [0.25, 0.3) is 0 Å². The Balaban J connectivity index is 2.03. The molecule has 10 heteroatoms. The van der Waals surface area contributed by atoms with Crippen molar-refractivity contribution in [3.05, 3.63) is 58.5 Å². The molecule has 0 saturated carbocycles. The van der Waals surface area contributed by atoms with Crippen molar-refractivity contribution in [3.8, 4) is 0 Å². The van der Waals surface area contributed by atoms with Gasteiger partial charge in [-0.05, 0) is 19.4 Å². The van der Waals surface area contributed by atoms with Crippen LogP contribution in [0, 0.1) is 5.82 Å². The van der Waals surface area contributed by atoms with Crippen LogP contribution in [0.15, 0.2) is 35.5 Å². The summed E-state index contributed by atoms with van der Waals surface area (Å²) in [6.07, 6.45) is -0.587. The van der Waals surface area contributed by atoms with Gasteiger partial charge in [-0.3, -0.25) is 19.5 Å². The lowest BCUT2D eigenvalue weighted by molar-refractivity contribution is -0.117. The Morgan fingerprint density at radius 1 is 1.29 bits per heavy atom. The number of nitrogens with two attached hydrogens (primary N) is 1. The average Bonchev–Trinajstić information content (AvgIpc) is 3.18. The largest absolute Gasteiger partial charge is 0.383 e. The van der Waals surface area contributed by atoms with E-state index in [1.54, 1.807) is 0 Å². The molecule has 2 amide bonds. The number of hydrogen-bond acceptors (Lipinski definition) is 4. The highest BCUT2D eigenvalue weighted by Gasteiger charge is 2.25. The predicted molar refractivity (Wildman–Crippen MR) is 110 cm³/mol. The summed E-state index contributed by atoms with van der Waals surface area (Å²) in [6.45, 7) is 2.00. The van der Waals surface area contributed by atoms with Gasteiger partial charge >= 0.3 is 0 Å². The van der Waals surface area contributed by atoms with Gasteiger partial charge in [-0.2, -0.15) is 0 Å². The molecule has 1 atom stereocenters. The molecule has 0 spiro atoms. The first-order valence-electron chi connectivity index (χ1n) is 9.67. The van der Waals surface area contributed by atoms with Crippen LogP contribution in [0.5, 0.6) is 0 Å². The summed E-state index contributed by atoms with van der Waals surface area (Å²) < 4.78 is 40.5. The van der Waals surface area contributed by atoms with Gasteiger partial charge in [-0.15, -0.1) is 0 Å². The van der Waals surface area contributed by atoms with Gasteiger partial charge in [-0.25, -0.2) is 18.2 Å². The molecule has 7 nitrogen and oxygen atoms in total. The molecule has 1 aliphatic rings. The van der Waals surface area contributed by atoms with Gasteiger partial charge in [0.1, 0.15) is 17.5 Å². The van der Waals surface area contributed by atoms with Gasteiger partial charge in [-0.1, -0.05) is 18.2 Å². The van der Waals surface area contributed by atoms with E-state index in [0.29, 0.717) is 25.2 Å². The van der Waals surface area contributed by atoms with Gasteiger partial charge in [0.05, 0.1) is 17.2 Å². The van der Waals surface area contributed by atoms with Crippen molar-refractivity contribution in [2.75, 3.05) is 18.5 Å². The minimum Gasteiger partial charge on any atom is -0.383 e. The fraction of sp³-hybridized carbons (Fsp3) is 0.333. The topological polar surface area (TPSA) is 101 Å². The number of nitrogens with zero attached hydrogens (tertiary/aromatic N) is 3. The lowest BCUT2D eigenvalue weighted by Crippen LogP contribution is -2.28. The third-order valence-corrected chi connectivity index (χ3v) is 5.06. The molecule has 164 valence electrons. The number of amides is 2. The standard InChI is InChI=1S/C21H22F3N5O2/c1-11(12-5-3-6-13(18(12)22)19(23)24)28-20(25)14-9-16(29-8-4-7-17(29)30)27-10-15(14)21(31)26-2/h3,5-6,9-11,19H,4,7-8H2,1-2H3,(H2,25,28)(H,26,31)/t11-/m1/s1. The average molecular weight is 433 g/mol. The molecule has 0 radical (unpaired) electrons. The maximum absolute atomic E-state index is 14.5. The fourth-order valence-corrected chi connectivity index (χ4v) is 3.42. The number of carbonyl (C=O) groups is 2. The van der Waals surface area contributed by atoms with Crippen molar-refractivity contribution in [1.29, 1.82) is 0 Å². The number of aromatic nitrogens is 1. The molecule has 2 heterocycles. The van der Waals surface area contributed by atoms with E-state index < -0.39 is 29.8 Å². The zero-order valence-corrected chi connectivity index (χ0v) is 17.0. The first-order valence-corrected chi connectivity index (χ1v) is 9.67. The molecule has 1 aliphatic heterocycles. The van der Waals surface area contributed by atoms with E-state index in [1.165, 1.54) is 43.3 Å². The number of aliphatic imine (C=N–C) groups is 1. The number of carbonyl (C=O) groups excluding carboxylic acids is 2. The summed E-state index contributed by atoms with van der Waals surface area (Å²) in [6, 6.07) is 4.26. The molecule has 2 aromatic rings. The number of alkyl halides is 2. The van der Waals surface area contributed by atoms with E-state index in [-0.39, 0.29) is 28.4 Å². The minimum absolute atomic E-state index is 0.0498. The summed E-state index contributed by atoms with van der Waals surface area (Å²) in [5.41, 5.74) is 5.70. The first kappa shape index (κ1) is 22.3. The number of pyridine rings is 1. The van der Waals surface area contributed by atoms with Crippen LogP contribution >= 0.6 is 0 Å². The lowest BCUT2D eigenvalue weighted by atomic mass is 10.0.